The Morgan fingerprint density at radius 3 is 2.83 bits per heavy atom. The van der Waals surface area contributed by atoms with E-state index in [2.05, 4.69) is 17.2 Å². The zero-order chi connectivity index (χ0) is 13.4. The second-order valence-electron chi connectivity index (χ2n) is 4.39. The third kappa shape index (κ3) is 4.35. The number of rotatable bonds is 7. The van der Waals surface area contributed by atoms with Crippen LogP contribution in [0, 0.1) is 0 Å². The number of hydrogen-bond donors (Lipinski definition) is 1. The Labute approximate surface area is 109 Å². The topological polar surface area (TPSA) is 45.2 Å². The Hall–Kier alpha value is -1.58. The number of unbranched alkanes of at least 4 members (excludes halogenated alkanes) is 2. The van der Waals surface area contributed by atoms with Crippen LogP contribution in [0.15, 0.2) is 18.3 Å². The second kappa shape index (κ2) is 7.69. The Kier molecular flexibility index (Phi) is 6.19. The number of nitrogens with one attached hydrogen (secondary N) is 1. The molecule has 0 saturated heterocycles. The Morgan fingerprint density at radius 2 is 2.17 bits per heavy atom. The maximum absolute atomic E-state index is 12.1. The van der Waals surface area contributed by atoms with E-state index in [1.807, 2.05) is 26.1 Å². The molecule has 0 bridgehead atoms. The monoisotopic (exact) mass is 249 g/mol. The van der Waals surface area contributed by atoms with Crippen LogP contribution in [0.2, 0.25) is 0 Å². The molecular weight excluding hydrogens is 226 g/mol. The van der Waals surface area contributed by atoms with Gasteiger partial charge in [0.1, 0.15) is 5.69 Å². The fraction of sp³-hybridized carbons (Fsp3) is 0.571. The first-order chi connectivity index (χ1) is 8.69. The van der Waals surface area contributed by atoms with E-state index in [1.54, 1.807) is 11.1 Å². The van der Waals surface area contributed by atoms with Crippen molar-refractivity contribution in [3.05, 3.63) is 24.0 Å². The number of carbonyl (C=O) groups excluding carboxylic acids is 1. The van der Waals surface area contributed by atoms with Crippen molar-refractivity contribution in [3.63, 3.8) is 0 Å². The molecule has 4 nitrogen and oxygen atoms in total. The highest BCUT2D eigenvalue weighted by Crippen LogP contribution is 2.10. The summed E-state index contributed by atoms with van der Waals surface area (Å²) in [5, 5.41) is 3.18. The highest BCUT2D eigenvalue weighted by Gasteiger charge is 2.12. The number of amides is 1. The number of anilines is 1. The second-order valence-corrected chi connectivity index (χ2v) is 4.39. The first kappa shape index (κ1) is 14.5. The molecule has 0 unspecified atom stereocenters. The van der Waals surface area contributed by atoms with Crippen molar-refractivity contribution in [1.82, 2.24) is 9.88 Å². The normalized spacial score (nSPS) is 10.2. The molecule has 1 heterocycles. The quantitative estimate of drug-likeness (QED) is 0.756. The minimum absolute atomic E-state index is 0.00847. The van der Waals surface area contributed by atoms with Gasteiger partial charge in [0.2, 0.25) is 0 Å². The summed E-state index contributed by atoms with van der Waals surface area (Å²) >= 11 is 0. The molecule has 0 atom stereocenters. The highest BCUT2D eigenvalue weighted by atomic mass is 16.2. The van der Waals surface area contributed by atoms with Gasteiger partial charge in [-0.05, 0) is 25.5 Å². The van der Waals surface area contributed by atoms with Crippen molar-refractivity contribution < 1.29 is 4.79 Å². The summed E-state index contributed by atoms with van der Waals surface area (Å²) in [5.41, 5.74) is 1.45. The highest BCUT2D eigenvalue weighted by molar-refractivity contribution is 5.92. The predicted octanol–water partition coefficient (Wildman–Crippen LogP) is 2.78. The van der Waals surface area contributed by atoms with Crippen molar-refractivity contribution in [2.45, 2.75) is 33.1 Å². The van der Waals surface area contributed by atoms with Gasteiger partial charge in [0.15, 0.2) is 0 Å². The van der Waals surface area contributed by atoms with Crippen molar-refractivity contribution in [2.75, 3.05) is 25.5 Å². The lowest BCUT2D eigenvalue weighted by Gasteiger charge is -2.16. The molecule has 0 aliphatic heterocycles. The third-order valence-electron chi connectivity index (χ3n) is 2.80. The molecule has 0 aromatic carbocycles. The molecule has 1 aromatic heterocycles. The van der Waals surface area contributed by atoms with Crippen LogP contribution in [0.25, 0.3) is 0 Å². The van der Waals surface area contributed by atoms with E-state index >= 15 is 0 Å². The molecule has 1 rings (SSSR count). The summed E-state index contributed by atoms with van der Waals surface area (Å²) in [6, 6.07) is 3.68. The fourth-order valence-electron chi connectivity index (χ4n) is 1.76. The van der Waals surface area contributed by atoms with Gasteiger partial charge >= 0.3 is 0 Å². The lowest BCUT2D eigenvalue weighted by molar-refractivity contribution is 0.0787. The third-order valence-corrected chi connectivity index (χ3v) is 2.80. The number of carbonyl (C=O) groups is 1. The average molecular weight is 249 g/mol. The van der Waals surface area contributed by atoms with Crippen LogP contribution in [0.4, 0.5) is 5.69 Å². The minimum atomic E-state index is -0.00847. The minimum Gasteiger partial charge on any atom is -0.385 e. The molecule has 4 heteroatoms. The zero-order valence-corrected chi connectivity index (χ0v) is 11.6. The van der Waals surface area contributed by atoms with E-state index in [9.17, 15) is 4.79 Å². The first-order valence-corrected chi connectivity index (χ1v) is 6.64. The molecule has 1 N–H and O–H groups in total. The van der Waals surface area contributed by atoms with Gasteiger partial charge in [-0.25, -0.2) is 0 Å². The maximum atomic E-state index is 12.1. The molecule has 0 spiro atoms. The summed E-state index contributed by atoms with van der Waals surface area (Å²) in [7, 11) is 1.83. The van der Waals surface area contributed by atoms with E-state index in [-0.39, 0.29) is 5.91 Å². The van der Waals surface area contributed by atoms with Crippen LogP contribution in [0.1, 0.15) is 43.6 Å². The zero-order valence-electron chi connectivity index (χ0n) is 11.6. The van der Waals surface area contributed by atoms with E-state index in [0.717, 1.165) is 38.0 Å². The number of aromatic nitrogens is 1. The predicted molar refractivity (Wildman–Crippen MR) is 74.9 cm³/mol. The standard InChI is InChI=1S/C14H23N3O/c1-4-6-7-10-17(3)14(18)13-11-12(15-5-2)8-9-16-13/h8-9,11H,4-7,10H2,1-3H3,(H,15,16). The Bertz CT molecular complexity index is 379. The van der Waals surface area contributed by atoms with Crippen LogP contribution < -0.4 is 5.32 Å². The van der Waals surface area contributed by atoms with Crippen molar-refractivity contribution in [2.24, 2.45) is 0 Å². The molecule has 100 valence electrons. The summed E-state index contributed by atoms with van der Waals surface area (Å²) in [5.74, 6) is -0.00847. The summed E-state index contributed by atoms with van der Waals surface area (Å²) in [6.45, 7) is 5.81. The van der Waals surface area contributed by atoms with Gasteiger partial charge in [-0.15, -0.1) is 0 Å². The average Bonchev–Trinajstić information content (AvgIpc) is 2.39. The summed E-state index contributed by atoms with van der Waals surface area (Å²) in [6.07, 6.45) is 5.04. The van der Waals surface area contributed by atoms with Gasteiger partial charge in [-0.3, -0.25) is 9.78 Å². The lowest BCUT2D eigenvalue weighted by atomic mass is 10.2. The molecule has 1 aromatic rings. The smallest absolute Gasteiger partial charge is 0.272 e. The van der Waals surface area contributed by atoms with Gasteiger partial charge in [-0.2, -0.15) is 0 Å². The van der Waals surface area contributed by atoms with Crippen LogP contribution in [-0.4, -0.2) is 35.9 Å². The Morgan fingerprint density at radius 1 is 1.39 bits per heavy atom. The van der Waals surface area contributed by atoms with Crippen molar-refractivity contribution in [1.29, 1.82) is 0 Å². The van der Waals surface area contributed by atoms with Crippen LogP contribution in [0.3, 0.4) is 0 Å². The lowest BCUT2D eigenvalue weighted by Crippen LogP contribution is -2.28. The van der Waals surface area contributed by atoms with Crippen molar-refractivity contribution >= 4 is 11.6 Å². The van der Waals surface area contributed by atoms with E-state index in [0.29, 0.717) is 5.69 Å². The summed E-state index contributed by atoms with van der Waals surface area (Å²) in [4.78, 5) is 18.0. The van der Waals surface area contributed by atoms with Gasteiger partial charge < -0.3 is 10.2 Å². The van der Waals surface area contributed by atoms with Crippen LogP contribution >= 0.6 is 0 Å². The molecular formula is C14H23N3O. The largest absolute Gasteiger partial charge is 0.385 e. The Balaban J connectivity index is 2.62. The number of hydrogen-bond acceptors (Lipinski definition) is 3. The van der Waals surface area contributed by atoms with Gasteiger partial charge in [0.25, 0.3) is 5.91 Å². The van der Waals surface area contributed by atoms with E-state index < -0.39 is 0 Å². The maximum Gasteiger partial charge on any atom is 0.272 e. The molecule has 0 saturated carbocycles. The molecule has 0 radical (unpaired) electrons. The molecule has 1 amide bonds. The molecule has 18 heavy (non-hydrogen) atoms. The number of pyridine rings is 1. The fourth-order valence-corrected chi connectivity index (χ4v) is 1.76. The summed E-state index contributed by atoms with van der Waals surface area (Å²) < 4.78 is 0. The first-order valence-electron chi connectivity index (χ1n) is 6.64. The van der Waals surface area contributed by atoms with E-state index in [4.69, 9.17) is 0 Å². The SMILES string of the molecule is CCCCCN(C)C(=O)c1cc(NCC)ccn1. The van der Waals surface area contributed by atoms with Crippen molar-refractivity contribution in [3.8, 4) is 0 Å². The van der Waals surface area contributed by atoms with E-state index in [1.165, 1.54) is 0 Å². The van der Waals surface area contributed by atoms with Crippen LogP contribution in [-0.2, 0) is 0 Å². The van der Waals surface area contributed by atoms with Crippen LogP contribution in [0.5, 0.6) is 0 Å². The molecule has 0 aliphatic rings. The van der Waals surface area contributed by atoms with Gasteiger partial charge in [0, 0.05) is 32.0 Å². The number of nitrogens with zero attached hydrogens (tertiary/aromatic N) is 2. The van der Waals surface area contributed by atoms with Gasteiger partial charge in [0.05, 0.1) is 0 Å². The molecule has 0 fully saturated rings. The molecule has 0 aliphatic carbocycles. The van der Waals surface area contributed by atoms with Gasteiger partial charge in [-0.1, -0.05) is 19.8 Å².